The summed E-state index contributed by atoms with van der Waals surface area (Å²) < 4.78 is 16.4. The van der Waals surface area contributed by atoms with E-state index in [0.29, 0.717) is 37.4 Å². The summed E-state index contributed by atoms with van der Waals surface area (Å²) in [4.78, 5) is 12.9. The average molecular weight is 361 g/mol. The average Bonchev–Trinajstić information content (AvgIpc) is 2.79. The summed E-state index contributed by atoms with van der Waals surface area (Å²) in [7, 11) is 1.46. The molecule has 1 saturated heterocycles. The van der Waals surface area contributed by atoms with Crippen molar-refractivity contribution in [2.45, 2.75) is 39.2 Å². The first-order chi connectivity index (χ1) is 11.9. The first-order valence-electron chi connectivity index (χ1n) is 8.37. The molecule has 6 heteroatoms. The molecule has 1 spiro atoms. The predicted molar refractivity (Wildman–Crippen MR) is 99.2 cm³/mol. The Kier molecular flexibility index (Phi) is 4.84. The van der Waals surface area contributed by atoms with Crippen molar-refractivity contribution < 1.29 is 19.0 Å². The molecule has 1 N–H and O–H groups in total. The molecule has 0 radical (unpaired) electrons. The van der Waals surface area contributed by atoms with Gasteiger partial charge in [0, 0.05) is 38.3 Å². The maximum atomic E-state index is 12.9. The molecule has 1 amide bonds. The number of amides is 1. The van der Waals surface area contributed by atoms with Crippen molar-refractivity contribution >= 4 is 28.9 Å². The number of carbonyl (C=O) groups excluding carboxylic acids is 1. The van der Waals surface area contributed by atoms with E-state index in [0.717, 1.165) is 22.3 Å². The minimum absolute atomic E-state index is 0.0114. The number of benzene rings is 1. The van der Waals surface area contributed by atoms with Gasteiger partial charge in [0.15, 0.2) is 0 Å². The highest BCUT2D eigenvalue weighted by Gasteiger charge is 2.49. The number of carbonyl (C=O) groups is 1. The molecule has 1 aromatic rings. The Hall–Kier alpha value is -1.92. The molecule has 0 saturated carbocycles. The fourth-order valence-corrected chi connectivity index (χ4v) is 3.91. The van der Waals surface area contributed by atoms with Crippen LogP contribution in [0, 0.1) is 20.8 Å². The zero-order valence-corrected chi connectivity index (χ0v) is 15.8. The summed E-state index contributed by atoms with van der Waals surface area (Å²) in [5.74, 6) is 0.425. The second kappa shape index (κ2) is 6.77. The number of thiocarbonyl (C=S) groups is 1. The summed E-state index contributed by atoms with van der Waals surface area (Å²) in [6.07, 6.45) is 1.29. The summed E-state index contributed by atoms with van der Waals surface area (Å²) in [6.45, 7) is 7.19. The maximum Gasteiger partial charge on any atom is 0.357 e. The van der Waals surface area contributed by atoms with Crippen molar-refractivity contribution in [2.24, 2.45) is 0 Å². The fraction of sp³-hybridized carbons (Fsp3) is 0.474. The lowest BCUT2D eigenvalue weighted by Crippen LogP contribution is -2.49. The highest BCUT2D eigenvalue weighted by Crippen LogP contribution is 2.42. The van der Waals surface area contributed by atoms with Crippen LogP contribution in [0.3, 0.4) is 0 Å². The fourth-order valence-electron chi connectivity index (χ4n) is 3.83. The molecule has 2 aliphatic heterocycles. The van der Waals surface area contributed by atoms with Crippen molar-refractivity contribution in [3.63, 3.8) is 0 Å². The number of rotatable bonds is 2. The third kappa shape index (κ3) is 3.16. The van der Waals surface area contributed by atoms with Crippen molar-refractivity contribution in [1.29, 1.82) is 0 Å². The van der Waals surface area contributed by atoms with E-state index < -0.39 is 5.54 Å². The standard InChI is InChI=1S/C19H23NO4S/c1-11-9-12(2)14(13(3)10-11)15-16(24-18(25)22-4)19(20-17(15)21)5-7-23-8-6-19/h9-10H,5-8H2,1-4H3,(H,20,21). The van der Waals surface area contributed by atoms with Gasteiger partial charge < -0.3 is 19.5 Å². The molecule has 0 atom stereocenters. The van der Waals surface area contributed by atoms with Crippen molar-refractivity contribution in [3.05, 3.63) is 40.1 Å². The van der Waals surface area contributed by atoms with Gasteiger partial charge in [-0.05, 0) is 37.5 Å². The Morgan fingerprint density at radius 3 is 2.36 bits per heavy atom. The molecule has 0 unspecified atom stereocenters. The van der Waals surface area contributed by atoms with Crippen LogP contribution in [0.4, 0.5) is 0 Å². The molecule has 0 aromatic heterocycles. The molecule has 5 nitrogen and oxygen atoms in total. The largest absolute Gasteiger partial charge is 0.460 e. The van der Waals surface area contributed by atoms with Gasteiger partial charge in [-0.15, -0.1) is 0 Å². The lowest BCUT2D eigenvalue weighted by atomic mass is 9.86. The van der Waals surface area contributed by atoms with Crippen LogP contribution in [0.2, 0.25) is 0 Å². The van der Waals surface area contributed by atoms with Gasteiger partial charge in [0.1, 0.15) is 11.3 Å². The third-order valence-electron chi connectivity index (χ3n) is 4.87. The second-order valence-corrected chi connectivity index (χ2v) is 7.02. The number of hydrogen-bond donors (Lipinski definition) is 1. The highest BCUT2D eigenvalue weighted by atomic mass is 32.1. The molecule has 1 aromatic carbocycles. The Labute approximate surface area is 153 Å². The topological polar surface area (TPSA) is 56.8 Å². The molecular formula is C19H23NO4S. The number of ether oxygens (including phenoxy) is 3. The van der Waals surface area contributed by atoms with Crippen LogP contribution in [-0.4, -0.2) is 37.0 Å². The number of hydrogen-bond acceptors (Lipinski definition) is 5. The van der Waals surface area contributed by atoms with Gasteiger partial charge in [-0.25, -0.2) is 0 Å². The second-order valence-electron chi connectivity index (χ2n) is 6.68. The van der Waals surface area contributed by atoms with Gasteiger partial charge in [-0.2, -0.15) is 0 Å². The molecule has 2 heterocycles. The normalized spacial score (nSPS) is 19.1. The summed E-state index contributed by atoms with van der Waals surface area (Å²) >= 11 is 5.12. The Bertz CT molecular complexity index is 740. The maximum absolute atomic E-state index is 12.9. The van der Waals surface area contributed by atoms with E-state index in [9.17, 15) is 4.79 Å². The molecule has 0 aliphatic carbocycles. The van der Waals surface area contributed by atoms with Crippen LogP contribution in [0.25, 0.3) is 5.57 Å². The summed E-state index contributed by atoms with van der Waals surface area (Å²) in [5, 5.41) is 3.14. The van der Waals surface area contributed by atoms with Crippen LogP contribution in [0.5, 0.6) is 0 Å². The van der Waals surface area contributed by atoms with Gasteiger partial charge in [0.25, 0.3) is 5.91 Å². The van der Waals surface area contributed by atoms with Crippen molar-refractivity contribution in [2.75, 3.05) is 20.3 Å². The van der Waals surface area contributed by atoms with Crippen LogP contribution in [-0.2, 0) is 19.0 Å². The van der Waals surface area contributed by atoms with Crippen LogP contribution in [0.1, 0.15) is 35.1 Å². The highest BCUT2D eigenvalue weighted by molar-refractivity contribution is 7.79. The quantitative estimate of drug-likeness (QED) is 0.821. The van der Waals surface area contributed by atoms with Crippen LogP contribution < -0.4 is 5.32 Å². The zero-order chi connectivity index (χ0) is 18.2. The number of nitrogens with one attached hydrogen (secondary N) is 1. The lowest BCUT2D eigenvalue weighted by molar-refractivity contribution is -0.117. The van der Waals surface area contributed by atoms with E-state index in [1.54, 1.807) is 0 Å². The molecule has 2 aliphatic rings. The van der Waals surface area contributed by atoms with Crippen LogP contribution >= 0.6 is 12.2 Å². The van der Waals surface area contributed by atoms with Gasteiger partial charge in [0.2, 0.25) is 0 Å². The van der Waals surface area contributed by atoms with Gasteiger partial charge in [-0.1, -0.05) is 17.7 Å². The number of aryl methyl sites for hydroxylation is 3. The molecule has 3 rings (SSSR count). The Morgan fingerprint density at radius 2 is 1.80 bits per heavy atom. The van der Waals surface area contributed by atoms with Crippen molar-refractivity contribution in [3.8, 4) is 0 Å². The van der Waals surface area contributed by atoms with E-state index in [2.05, 4.69) is 17.4 Å². The monoisotopic (exact) mass is 361 g/mol. The van der Waals surface area contributed by atoms with Crippen LogP contribution in [0.15, 0.2) is 17.9 Å². The van der Waals surface area contributed by atoms with E-state index in [1.165, 1.54) is 7.11 Å². The van der Waals surface area contributed by atoms with E-state index in [-0.39, 0.29) is 11.1 Å². The van der Waals surface area contributed by atoms with E-state index >= 15 is 0 Å². The minimum atomic E-state index is -0.586. The SMILES string of the molecule is COC(=S)OC1=C(c2c(C)cc(C)cc2C)C(=O)NC12CCOCC2. The van der Waals surface area contributed by atoms with Gasteiger partial charge in [0.05, 0.1) is 12.7 Å². The number of methoxy groups -OCH3 is 1. The molecule has 0 bridgehead atoms. The third-order valence-corrected chi connectivity index (χ3v) is 5.12. The first kappa shape index (κ1) is 17.9. The van der Waals surface area contributed by atoms with Crippen molar-refractivity contribution in [1.82, 2.24) is 5.32 Å². The van der Waals surface area contributed by atoms with Gasteiger partial charge in [-0.3, -0.25) is 4.79 Å². The molecule has 25 heavy (non-hydrogen) atoms. The Balaban J connectivity index is 2.20. The molecule has 1 fully saturated rings. The zero-order valence-electron chi connectivity index (χ0n) is 15.0. The predicted octanol–water partition coefficient (Wildman–Crippen LogP) is 2.95. The minimum Gasteiger partial charge on any atom is -0.460 e. The van der Waals surface area contributed by atoms with E-state index in [1.807, 2.05) is 20.8 Å². The molecular weight excluding hydrogens is 338 g/mol. The van der Waals surface area contributed by atoms with Gasteiger partial charge >= 0.3 is 5.24 Å². The first-order valence-corrected chi connectivity index (χ1v) is 8.78. The lowest BCUT2D eigenvalue weighted by Gasteiger charge is -2.34. The summed E-state index contributed by atoms with van der Waals surface area (Å²) in [5.41, 5.74) is 4.11. The summed E-state index contributed by atoms with van der Waals surface area (Å²) in [6, 6.07) is 4.15. The Morgan fingerprint density at radius 1 is 1.20 bits per heavy atom. The van der Waals surface area contributed by atoms with E-state index in [4.69, 9.17) is 26.4 Å². The molecule has 134 valence electrons. The smallest absolute Gasteiger partial charge is 0.357 e.